The quantitative estimate of drug-likeness (QED) is 0.380. The summed E-state index contributed by atoms with van der Waals surface area (Å²) in [4.78, 5) is 6.17. The van der Waals surface area contributed by atoms with Gasteiger partial charge in [-0.3, -0.25) is 9.71 Å². The highest BCUT2D eigenvalue weighted by molar-refractivity contribution is 7.93. The van der Waals surface area contributed by atoms with Crippen LogP contribution >= 0.6 is 12.2 Å². The Labute approximate surface area is 200 Å². The number of hydrogen-bond donors (Lipinski definition) is 3. The van der Waals surface area contributed by atoms with E-state index in [2.05, 4.69) is 20.3 Å². The van der Waals surface area contributed by atoms with E-state index >= 15 is 0 Å². The molecule has 0 aliphatic rings. The summed E-state index contributed by atoms with van der Waals surface area (Å²) in [5.41, 5.74) is 2.32. The lowest BCUT2D eigenvalue weighted by Crippen LogP contribution is -2.26. The van der Waals surface area contributed by atoms with E-state index < -0.39 is 10.0 Å². The molecule has 0 unspecified atom stereocenters. The Hall–Kier alpha value is -3.37. The van der Waals surface area contributed by atoms with Gasteiger partial charge < -0.3 is 20.3 Å². The number of aromatic nitrogens is 1. The Kier molecular flexibility index (Phi) is 8.07. The van der Waals surface area contributed by atoms with Crippen LogP contribution in [0.3, 0.4) is 0 Å². The third-order valence-corrected chi connectivity index (χ3v) is 6.49. The summed E-state index contributed by atoms with van der Waals surface area (Å²) in [5.74, 6) is 0.641. The van der Waals surface area contributed by atoms with Crippen LogP contribution in [0.5, 0.6) is 5.75 Å². The van der Waals surface area contributed by atoms with Gasteiger partial charge in [0.25, 0.3) is 10.0 Å². The van der Waals surface area contributed by atoms with Gasteiger partial charge in [0.1, 0.15) is 10.6 Å². The maximum absolute atomic E-state index is 13.4. The zero-order valence-electron chi connectivity index (χ0n) is 18.7. The monoisotopic (exact) mass is 485 g/mol. The predicted octanol–water partition coefficient (Wildman–Crippen LogP) is 4.55. The van der Waals surface area contributed by atoms with Gasteiger partial charge in [0.15, 0.2) is 5.11 Å². The lowest BCUT2D eigenvalue weighted by atomic mass is 10.2. The first-order valence-corrected chi connectivity index (χ1v) is 12.3. The number of rotatable bonds is 9. The number of pyridine rings is 1. The van der Waals surface area contributed by atoms with Gasteiger partial charge in [-0.05, 0) is 80.7 Å². The average molecular weight is 486 g/mol. The minimum atomic E-state index is -3.89. The maximum atomic E-state index is 13.4. The van der Waals surface area contributed by atoms with Crippen molar-refractivity contribution in [2.24, 2.45) is 0 Å². The van der Waals surface area contributed by atoms with E-state index in [0.29, 0.717) is 41.0 Å². The average Bonchev–Trinajstić information content (AvgIpc) is 2.81. The number of sulfonamides is 1. The molecular formula is C23H27N5O3S2. The van der Waals surface area contributed by atoms with Crippen molar-refractivity contribution in [3.05, 3.63) is 67.0 Å². The Morgan fingerprint density at radius 1 is 1.00 bits per heavy atom. The molecule has 3 N–H and O–H groups in total. The summed E-state index contributed by atoms with van der Waals surface area (Å²) in [5, 5.41) is 6.40. The Balaban J connectivity index is 1.91. The molecule has 2 aromatic carbocycles. The number of ether oxygens (including phenoxy) is 1. The van der Waals surface area contributed by atoms with E-state index in [1.165, 1.54) is 0 Å². The maximum Gasteiger partial charge on any atom is 0.264 e. The summed E-state index contributed by atoms with van der Waals surface area (Å²) in [6, 6.07) is 15.5. The van der Waals surface area contributed by atoms with Gasteiger partial charge in [-0.25, -0.2) is 8.42 Å². The molecule has 174 valence electrons. The first kappa shape index (κ1) is 24.3. The van der Waals surface area contributed by atoms with Gasteiger partial charge in [0.05, 0.1) is 24.7 Å². The molecular weight excluding hydrogens is 458 g/mol. The van der Waals surface area contributed by atoms with Crippen LogP contribution in [0, 0.1) is 0 Å². The molecule has 10 heteroatoms. The summed E-state index contributed by atoms with van der Waals surface area (Å²) in [6.45, 7) is 5.29. The van der Waals surface area contributed by atoms with Crippen LogP contribution < -0.4 is 25.0 Å². The smallest absolute Gasteiger partial charge is 0.264 e. The Morgan fingerprint density at radius 3 is 2.27 bits per heavy atom. The molecule has 0 atom stereocenters. The van der Waals surface area contributed by atoms with Crippen LogP contribution in [0.2, 0.25) is 0 Å². The van der Waals surface area contributed by atoms with Gasteiger partial charge in [0, 0.05) is 30.7 Å². The molecule has 0 saturated carbocycles. The molecule has 1 heterocycles. The molecule has 33 heavy (non-hydrogen) atoms. The largest absolute Gasteiger partial charge is 0.497 e. The van der Waals surface area contributed by atoms with Gasteiger partial charge in [-0.15, -0.1) is 0 Å². The molecule has 0 aliphatic heterocycles. The molecule has 0 saturated heterocycles. The van der Waals surface area contributed by atoms with Crippen LogP contribution in [0.4, 0.5) is 22.7 Å². The molecule has 0 bridgehead atoms. The molecule has 1 aromatic heterocycles. The second-order valence-corrected chi connectivity index (χ2v) is 9.07. The van der Waals surface area contributed by atoms with E-state index in [-0.39, 0.29) is 4.90 Å². The minimum absolute atomic E-state index is 0.149. The molecule has 0 spiro atoms. The summed E-state index contributed by atoms with van der Waals surface area (Å²) in [6.07, 6.45) is 3.31. The first-order chi connectivity index (χ1) is 15.9. The molecule has 3 rings (SSSR count). The van der Waals surface area contributed by atoms with E-state index in [0.717, 1.165) is 5.69 Å². The number of hydrogen-bond acceptors (Lipinski definition) is 6. The second kappa shape index (κ2) is 11.0. The van der Waals surface area contributed by atoms with Crippen LogP contribution in [0.25, 0.3) is 0 Å². The highest BCUT2D eigenvalue weighted by atomic mass is 32.2. The Bertz CT molecular complexity index is 1180. The number of thiocarbonyl (C=S) groups is 1. The highest BCUT2D eigenvalue weighted by Crippen LogP contribution is 2.30. The van der Waals surface area contributed by atoms with Crippen LogP contribution in [-0.4, -0.2) is 38.7 Å². The lowest BCUT2D eigenvalue weighted by molar-refractivity contribution is 0.415. The van der Waals surface area contributed by atoms with Crippen molar-refractivity contribution in [2.75, 3.05) is 40.5 Å². The zero-order valence-corrected chi connectivity index (χ0v) is 20.3. The van der Waals surface area contributed by atoms with Crippen molar-refractivity contribution in [1.82, 2.24) is 4.98 Å². The predicted molar refractivity (Wildman–Crippen MR) is 138 cm³/mol. The second-order valence-electron chi connectivity index (χ2n) is 7.01. The standard InChI is InChI=1S/C23H27N5O3S2/c1-4-28(5-2)21-13-10-18(25-23(32)26-19-7-6-14-24-16-19)15-22(21)33(29,30)27-17-8-11-20(31-3)12-9-17/h6-16,27H,4-5H2,1-3H3,(H2,25,26,32). The molecule has 0 radical (unpaired) electrons. The SMILES string of the molecule is CCN(CC)c1ccc(NC(=S)Nc2cccnc2)cc1S(=O)(=O)Nc1ccc(OC)cc1. The fourth-order valence-electron chi connectivity index (χ4n) is 3.23. The van der Waals surface area contributed by atoms with Crippen LogP contribution in [0.15, 0.2) is 71.9 Å². The molecule has 0 amide bonds. The topological polar surface area (TPSA) is 95.6 Å². The van der Waals surface area contributed by atoms with E-state index in [1.807, 2.05) is 24.8 Å². The first-order valence-electron chi connectivity index (χ1n) is 10.4. The Morgan fingerprint density at radius 2 is 1.67 bits per heavy atom. The zero-order chi connectivity index (χ0) is 23.8. The number of nitrogens with one attached hydrogen (secondary N) is 3. The van der Waals surface area contributed by atoms with E-state index in [4.69, 9.17) is 17.0 Å². The van der Waals surface area contributed by atoms with Gasteiger partial charge in [-0.1, -0.05) is 0 Å². The normalized spacial score (nSPS) is 10.9. The van der Waals surface area contributed by atoms with Crippen molar-refractivity contribution < 1.29 is 13.2 Å². The molecule has 0 fully saturated rings. The molecule has 3 aromatic rings. The van der Waals surface area contributed by atoms with E-state index in [9.17, 15) is 8.42 Å². The fraction of sp³-hybridized carbons (Fsp3) is 0.217. The van der Waals surface area contributed by atoms with Crippen molar-refractivity contribution in [2.45, 2.75) is 18.7 Å². The van der Waals surface area contributed by atoms with Gasteiger partial charge in [0.2, 0.25) is 0 Å². The van der Waals surface area contributed by atoms with Crippen LogP contribution in [0.1, 0.15) is 13.8 Å². The minimum Gasteiger partial charge on any atom is -0.497 e. The van der Waals surface area contributed by atoms with Crippen molar-refractivity contribution >= 4 is 50.1 Å². The van der Waals surface area contributed by atoms with Crippen molar-refractivity contribution in [3.63, 3.8) is 0 Å². The fourth-order valence-corrected chi connectivity index (χ4v) is 4.78. The number of anilines is 4. The third-order valence-electron chi connectivity index (χ3n) is 4.87. The summed E-state index contributed by atoms with van der Waals surface area (Å²) >= 11 is 5.38. The number of benzene rings is 2. The molecule has 0 aliphatic carbocycles. The third kappa shape index (κ3) is 6.33. The van der Waals surface area contributed by atoms with Gasteiger partial charge >= 0.3 is 0 Å². The van der Waals surface area contributed by atoms with Crippen molar-refractivity contribution in [1.29, 1.82) is 0 Å². The number of nitrogens with zero attached hydrogens (tertiary/aromatic N) is 2. The summed E-state index contributed by atoms with van der Waals surface area (Å²) < 4.78 is 34.6. The van der Waals surface area contributed by atoms with E-state index in [1.54, 1.807) is 68.0 Å². The van der Waals surface area contributed by atoms with Gasteiger partial charge in [-0.2, -0.15) is 0 Å². The lowest BCUT2D eigenvalue weighted by Gasteiger charge is -2.25. The highest BCUT2D eigenvalue weighted by Gasteiger charge is 2.22. The van der Waals surface area contributed by atoms with Crippen LogP contribution in [-0.2, 0) is 10.0 Å². The number of methoxy groups -OCH3 is 1. The summed E-state index contributed by atoms with van der Waals surface area (Å²) in [7, 11) is -2.33. The molecule has 8 nitrogen and oxygen atoms in total. The van der Waals surface area contributed by atoms with Crippen molar-refractivity contribution in [3.8, 4) is 5.75 Å².